The number of rotatable bonds is 7. The summed E-state index contributed by atoms with van der Waals surface area (Å²) in [5.41, 5.74) is 2.39. The maximum atomic E-state index is 6.29. The van der Waals surface area contributed by atoms with Crippen molar-refractivity contribution in [3.63, 3.8) is 0 Å². The van der Waals surface area contributed by atoms with E-state index in [1.807, 2.05) is 7.05 Å². The molecule has 0 aliphatic heterocycles. The van der Waals surface area contributed by atoms with Crippen LogP contribution in [0.2, 0.25) is 5.02 Å². The summed E-state index contributed by atoms with van der Waals surface area (Å²) in [6.07, 6.45) is 2.33. The van der Waals surface area contributed by atoms with E-state index in [0.29, 0.717) is 0 Å². The van der Waals surface area contributed by atoms with Gasteiger partial charge in [-0.1, -0.05) is 31.5 Å². The van der Waals surface area contributed by atoms with Gasteiger partial charge in [-0.15, -0.1) is 0 Å². The lowest BCUT2D eigenvalue weighted by molar-refractivity contribution is 0.744. The zero-order valence-corrected chi connectivity index (χ0v) is 11.8. The highest BCUT2D eigenvalue weighted by molar-refractivity contribution is 6.31. The van der Waals surface area contributed by atoms with Crippen molar-refractivity contribution in [2.45, 2.75) is 33.2 Å². The van der Waals surface area contributed by atoms with E-state index in [1.165, 1.54) is 5.69 Å². The summed E-state index contributed by atoms with van der Waals surface area (Å²) in [5, 5.41) is 3.98. The van der Waals surface area contributed by atoms with Crippen LogP contribution in [0.15, 0.2) is 18.2 Å². The third-order valence-electron chi connectivity index (χ3n) is 2.76. The Balaban J connectivity index is 2.85. The molecular weight excluding hydrogens is 232 g/mol. The molecule has 0 atom stereocenters. The molecule has 0 amide bonds. The van der Waals surface area contributed by atoms with Crippen molar-refractivity contribution >= 4 is 17.3 Å². The molecule has 0 heterocycles. The molecule has 1 N–H and O–H groups in total. The number of hydrogen-bond acceptors (Lipinski definition) is 2. The Hall–Kier alpha value is -0.730. The van der Waals surface area contributed by atoms with Gasteiger partial charge in [0.25, 0.3) is 0 Å². The van der Waals surface area contributed by atoms with E-state index in [0.717, 1.165) is 43.1 Å². The molecule has 0 saturated heterocycles. The van der Waals surface area contributed by atoms with Crippen LogP contribution in [0.3, 0.4) is 0 Å². The van der Waals surface area contributed by atoms with Crippen LogP contribution in [0.5, 0.6) is 0 Å². The second-order valence-electron chi connectivity index (χ2n) is 4.29. The summed E-state index contributed by atoms with van der Waals surface area (Å²) in [6, 6.07) is 6.37. The van der Waals surface area contributed by atoms with Crippen molar-refractivity contribution in [2.75, 3.05) is 25.0 Å². The highest BCUT2D eigenvalue weighted by Crippen LogP contribution is 2.24. The average Bonchev–Trinajstić information content (AvgIpc) is 2.32. The minimum Gasteiger partial charge on any atom is -0.372 e. The monoisotopic (exact) mass is 254 g/mol. The second-order valence-corrected chi connectivity index (χ2v) is 4.70. The Morgan fingerprint density at radius 2 is 1.82 bits per heavy atom. The van der Waals surface area contributed by atoms with Gasteiger partial charge in [0.2, 0.25) is 0 Å². The molecule has 1 rings (SSSR count). The van der Waals surface area contributed by atoms with Gasteiger partial charge in [-0.25, -0.2) is 0 Å². The number of anilines is 1. The van der Waals surface area contributed by atoms with Gasteiger partial charge in [-0.2, -0.15) is 0 Å². The van der Waals surface area contributed by atoms with Crippen LogP contribution in [0.4, 0.5) is 5.69 Å². The molecule has 96 valence electrons. The number of nitrogens with zero attached hydrogens (tertiary/aromatic N) is 1. The van der Waals surface area contributed by atoms with E-state index in [1.54, 1.807) is 0 Å². The largest absolute Gasteiger partial charge is 0.372 e. The summed E-state index contributed by atoms with van der Waals surface area (Å²) in [4.78, 5) is 2.40. The van der Waals surface area contributed by atoms with Crippen molar-refractivity contribution in [1.29, 1.82) is 0 Å². The quantitative estimate of drug-likeness (QED) is 0.799. The fraction of sp³-hybridized carbons (Fsp3) is 0.571. The molecule has 0 aromatic heterocycles. The van der Waals surface area contributed by atoms with Gasteiger partial charge in [0.15, 0.2) is 0 Å². The van der Waals surface area contributed by atoms with Gasteiger partial charge in [0.1, 0.15) is 0 Å². The van der Waals surface area contributed by atoms with Gasteiger partial charge in [0.05, 0.1) is 0 Å². The van der Waals surface area contributed by atoms with Gasteiger partial charge in [-0.05, 0) is 37.6 Å². The van der Waals surface area contributed by atoms with Crippen molar-refractivity contribution in [3.05, 3.63) is 28.8 Å². The lowest BCUT2D eigenvalue weighted by Crippen LogP contribution is -2.24. The van der Waals surface area contributed by atoms with Crippen molar-refractivity contribution < 1.29 is 0 Å². The Morgan fingerprint density at radius 3 is 2.29 bits per heavy atom. The molecule has 0 aliphatic carbocycles. The molecule has 0 spiro atoms. The fourth-order valence-corrected chi connectivity index (χ4v) is 2.22. The summed E-state index contributed by atoms with van der Waals surface area (Å²) < 4.78 is 0. The van der Waals surface area contributed by atoms with Crippen molar-refractivity contribution in [3.8, 4) is 0 Å². The fourth-order valence-electron chi connectivity index (χ4n) is 1.98. The molecule has 0 unspecified atom stereocenters. The first-order valence-electron chi connectivity index (χ1n) is 6.40. The van der Waals surface area contributed by atoms with Gasteiger partial charge in [0, 0.05) is 30.3 Å². The van der Waals surface area contributed by atoms with E-state index in [2.05, 4.69) is 42.3 Å². The normalized spacial score (nSPS) is 10.6. The minimum atomic E-state index is 0.820. The highest BCUT2D eigenvalue weighted by atomic mass is 35.5. The molecule has 1 aromatic carbocycles. The standard InChI is InChI=1S/C14H23ClN2/c1-4-8-17(9-5-2)13-7-6-12(11-16-3)14(15)10-13/h6-7,10,16H,4-5,8-9,11H2,1-3H3. The zero-order chi connectivity index (χ0) is 12.7. The minimum absolute atomic E-state index is 0.820. The Kier molecular flexibility index (Phi) is 6.38. The maximum Gasteiger partial charge on any atom is 0.0471 e. The molecule has 0 radical (unpaired) electrons. The maximum absolute atomic E-state index is 6.29. The van der Waals surface area contributed by atoms with Crippen LogP contribution in [-0.4, -0.2) is 20.1 Å². The Morgan fingerprint density at radius 1 is 1.18 bits per heavy atom. The van der Waals surface area contributed by atoms with Crippen LogP contribution < -0.4 is 10.2 Å². The first-order valence-corrected chi connectivity index (χ1v) is 6.78. The molecule has 0 aliphatic rings. The van der Waals surface area contributed by atoms with E-state index in [9.17, 15) is 0 Å². The summed E-state index contributed by atoms with van der Waals surface area (Å²) in [7, 11) is 1.94. The summed E-state index contributed by atoms with van der Waals surface area (Å²) >= 11 is 6.29. The van der Waals surface area contributed by atoms with Gasteiger partial charge < -0.3 is 10.2 Å². The second kappa shape index (κ2) is 7.57. The molecule has 17 heavy (non-hydrogen) atoms. The summed E-state index contributed by atoms with van der Waals surface area (Å²) in [6.45, 7) is 7.42. The zero-order valence-electron chi connectivity index (χ0n) is 11.1. The Labute approximate surface area is 110 Å². The van der Waals surface area contributed by atoms with Crippen molar-refractivity contribution in [1.82, 2.24) is 5.32 Å². The number of halogens is 1. The number of benzene rings is 1. The van der Waals surface area contributed by atoms with Crippen molar-refractivity contribution in [2.24, 2.45) is 0 Å². The van der Waals surface area contributed by atoms with E-state index < -0.39 is 0 Å². The van der Waals surface area contributed by atoms with Gasteiger partial charge >= 0.3 is 0 Å². The SMILES string of the molecule is CCCN(CCC)c1ccc(CNC)c(Cl)c1. The molecule has 0 saturated carbocycles. The molecule has 1 aromatic rings. The lowest BCUT2D eigenvalue weighted by Gasteiger charge is -2.24. The predicted octanol–water partition coefficient (Wildman–Crippen LogP) is 3.69. The molecule has 0 fully saturated rings. The first kappa shape index (κ1) is 14.3. The lowest BCUT2D eigenvalue weighted by atomic mass is 10.2. The Bertz CT molecular complexity index is 333. The van der Waals surface area contributed by atoms with Gasteiger partial charge in [-0.3, -0.25) is 0 Å². The molecule has 0 bridgehead atoms. The third kappa shape index (κ3) is 4.21. The highest BCUT2D eigenvalue weighted by Gasteiger charge is 2.07. The average molecular weight is 255 g/mol. The van der Waals surface area contributed by atoms with Crippen LogP contribution >= 0.6 is 11.6 Å². The number of nitrogens with one attached hydrogen (secondary N) is 1. The van der Waals surface area contributed by atoms with E-state index in [-0.39, 0.29) is 0 Å². The topological polar surface area (TPSA) is 15.3 Å². The van der Waals surface area contributed by atoms with E-state index in [4.69, 9.17) is 11.6 Å². The van der Waals surface area contributed by atoms with Crippen LogP contribution in [0.1, 0.15) is 32.3 Å². The number of hydrogen-bond donors (Lipinski definition) is 1. The predicted molar refractivity (Wildman–Crippen MR) is 77.0 cm³/mol. The first-order chi connectivity index (χ1) is 8.22. The molecule has 2 nitrogen and oxygen atoms in total. The van der Waals surface area contributed by atoms with Crippen LogP contribution in [-0.2, 0) is 6.54 Å². The molecular formula is C14H23ClN2. The van der Waals surface area contributed by atoms with Crippen LogP contribution in [0, 0.1) is 0 Å². The van der Waals surface area contributed by atoms with Crippen LogP contribution in [0.25, 0.3) is 0 Å². The summed E-state index contributed by atoms with van der Waals surface area (Å²) in [5.74, 6) is 0. The molecule has 3 heteroatoms. The smallest absolute Gasteiger partial charge is 0.0471 e. The third-order valence-corrected chi connectivity index (χ3v) is 3.11. The van der Waals surface area contributed by atoms with E-state index >= 15 is 0 Å².